The van der Waals surface area contributed by atoms with Crippen LogP contribution < -0.4 is 11.5 Å². The van der Waals surface area contributed by atoms with Crippen molar-refractivity contribution in [3.05, 3.63) is 0 Å². The van der Waals surface area contributed by atoms with Crippen LogP contribution in [-0.2, 0) is 24.3 Å². The van der Waals surface area contributed by atoms with Gasteiger partial charge < -0.3 is 16.6 Å². The van der Waals surface area contributed by atoms with E-state index in [9.17, 15) is 4.79 Å². The molecular weight excluding hydrogens is 197 g/mol. The van der Waals surface area contributed by atoms with Crippen molar-refractivity contribution < 1.29 is 29.4 Å². The molecule has 1 atom stereocenters. The molecule has 0 aromatic rings. The molecule has 1 unspecified atom stereocenters. The molecule has 0 aliphatic rings. The first-order valence-electron chi connectivity index (χ1n) is 3.37. The van der Waals surface area contributed by atoms with Crippen molar-refractivity contribution in [2.75, 3.05) is 6.54 Å². The quantitative estimate of drug-likeness (QED) is 0.424. The largest absolute Gasteiger partial charge is 2.00 e. The number of hydrogen-bond acceptors (Lipinski definition) is 3. The van der Waals surface area contributed by atoms with Crippen molar-refractivity contribution in [3.63, 3.8) is 0 Å². The number of unbranched alkanes of at least 4 members (excludes halogenated alkanes) is 1. The molecule has 0 fully saturated rings. The molecule has 0 radical (unpaired) electrons. The topological polar surface area (TPSA) is 89.3 Å². The molecule has 5 N–H and O–H groups in total. The predicted octanol–water partition coefficient (Wildman–Crippen LogP) is -0.475. The molecule has 11 heavy (non-hydrogen) atoms. The number of aliphatic carboxylic acids is 1. The maximum Gasteiger partial charge on any atom is 2.00 e. The van der Waals surface area contributed by atoms with Crippen LogP contribution in [0.15, 0.2) is 0 Å². The van der Waals surface area contributed by atoms with Gasteiger partial charge in [0, 0.05) is 0 Å². The first-order valence-corrected chi connectivity index (χ1v) is 3.37. The molecule has 0 aliphatic carbocycles. The Morgan fingerprint density at radius 2 is 2.00 bits per heavy atom. The molecule has 0 aliphatic heterocycles. The Labute approximate surface area is 79.1 Å². The standard InChI is InChI=1S/C6H14N2O2.Zn/c7-4-2-1-3-5(8)6(9)10;/h5H,1-4,7-8H2,(H,9,10);/q;+2. The van der Waals surface area contributed by atoms with Gasteiger partial charge in [-0.3, -0.25) is 4.79 Å². The maximum atomic E-state index is 10.1. The van der Waals surface area contributed by atoms with Gasteiger partial charge in [0.2, 0.25) is 0 Å². The van der Waals surface area contributed by atoms with Gasteiger partial charge >= 0.3 is 25.4 Å². The minimum absolute atomic E-state index is 0. The van der Waals surface area contributed by atoms with E-state index in [1.807, 2.05) is 0 Å². The van der Waals surface area contributed by atoms with E-state index in [1.165, 1.54) is 0 Å². The van der Waals surface area contributed by atoms with Crippen molar-refractivity contribution in [2.24, 2.45) is 11.5 Å². The number of carboxylic acids is 1. The summed E-state index contributed by atoms with van der Waals surface area (Å²) in [4.78, 5) is 10.1. The van der Waals surface area contributed by atoms with E-state index in [0.29, 0.717) is 13.0 Å². The molecule has 60 valence electrons. The van der Waals surface area contributed by atoms with Gasteiger partial charge in [0.15, 0.2) is 0 Å². The van der Waals surface area contributed by atoms with Crippen molar-refractivity contribution >= 4 is 5.97 Å². The van der Waals surface area contributed by atoms with Gasteiger partial charge in [-0.2, -0.15) is 0 Å². The van der Waals surface area contributed by atoms with E-state index >= 15 is 0 Å². The van der Waals surface area contributed by atoms with Crippen molar-refractivity contribution in [2.45, 2.75) is 25.3 Å². The normalized spacial score (nSPS) is 11.8. The molecule has 0 rings (SSSR count). The minimum atomic E-state index is -0.933. The zero-order chi connectivity index (χ0) is 7.98. The summed E-state index contributed by atoms with van der Waals surface area (Å²) in [5.41, 5.74) is 10.4. The summed E-state index contributed by atoms with van der Waals surface area (Å²) in [6.07, 6.45) is 2.16. The van der Waals surface area contributed by atoms with Gasteiger partial charge in [-0.25, -0.2) is 0 Å². The van der Waals surface area contributed by atoms with Crippen LogP contribution in [0.3, 0.4) is 0 Å². The van der Waals surface area contributed by atoms with Crippen LogP contribution in [0.1, 0.15) is 19.3 Å². The Kier molecular flexibility index (Phi) is 10.0. The molecule has 0 heterocycles. The van der Waals surface area contributed by atoms with E-state index in [4.69, 9.17) is 16.6 Å². The molecule has 0 aromatic carbocycles. The summed E-state index contributed by atoms with van der Waals surface area (Å²) >= 11 is 0. The van der Waals surface area contributed by atoms with Crippen molar-refractivity contribution in [3.8, 4) is 0 Å². The minimum Gasteiger partial charge on any atom is -0.480 e. The maximum absolute atomic E-state index is 10.1. The fourth-order valence-corrected chi connectivity index (χ4v) is 0.632. The van der Waals surface area contributed by atoms with Crippen LogP contribution >= 0.6 is 0 Å². The Morgan fingerprint density at radius 1 is 1.45 bits per heavy atom. The molecule has 0 saturated carbocycles. The Morgan fingerprint density at radius 3 is 2.36 bits per heavy atom. The average molecular weight is 212 g/mol. The van der Waals surface area contributed by atoms with Crippen LogP contribution in [0, 0.1) is 0 Å². The SMILES string of the molecule is NCCCCC(N)C(=O)O.[Zn+2]. The van der Waals surface area contributed by atoms with E-state index in [-0.39, 0.29) is 19.5 Å². The first-order chi connectivity index (χ1) is 4.68. The van der Waals surface area contributed by atoms with Gasteiger partial charge in [-0.05, 0) is 19.4 Å². The third-order valence-corrected chi connectivity index (χ3v) is 1.29. The van der Waals surface area contributed by atoms with E-state index < -0.39 is 12.0 Å². The molecule has 0 spiro atoms. The fourth-order valence-electron chi connectivity index (χ4n) is 0.632. The smallest absolute Gasteiger partial charge is 0.480 e. The summed E-state index contributed by atoms with van der Waals surface area (Å²) in [6.45, 7) is 0.604. The second-order valence-electron chi connectivity index (χ2n) is 2.23. The number of rotatable bonds is 5. The fraction of sp³-hybridized carbons (Fsp3) is 0.833. The summed E-state index contributed by atoms with van der Waals surface area (Å²) in [7, 11) is 0. The molecule has 0 bridgehead atoms. The molecule has 4 nitrogen and oxygen atoms in total. The summed E-state index contributed by atoms with van der Waals surface area (Å²) in [5, 5.41) is 8.33. The Hall–Kier alpha value is 0.0134. The van der Waals surface area contributed by atoms with E-state index in [0.717, 1.165) is 12.8 Å². The number of carbonyl (C=O) groups is 1. The second-order valence-corrected chi connectivity index (χ2v) is 2.23. The van der Waals surface area contributed by atoms with Crippen LogP contribution in [0.25, 0.3) is 0 Å². The molecular formula is C6H14N2O2Zn+2. The number of hydrogen-bond donors (Lipinski definition) is 3. The van der Waals surface area contributed by atoms with Gasteiger partial charge in [-0.1, -0.05) is 6.42 Å². The van der Waals surface area contributed by atoms with Gasteiger partial charge in [0.25, 0.3) is 0 Å². The van der Waals surface area contributed by atoms with Crippen molar-refractivity contribution in [1.82, 2.24) is 0 Å². The monoisotopic (exact) mass is 210 g/mol. The van der Waals surface area contributed by atoms with E-state index in [1.54, 1.807) is 0 Å². The predicted molar refractivity (Wildman–Crippen MR) is 38.5 cm³/mol. The Balaban J connectivity index is 0. The van der Waals surface area contributed by atoms with Crippen LogP contribution in [0.4, 0.5) is 0 Å². The Bertz CT molecular complexity index is 111. The summed E-state index contributed by atoms with van der Waals surface area (Å²) in [6, 6.07) is -0.716. The van der Waals surface area contributed by atoms with Gasteiger partial charge in [0.1, 0.15) is 6.04 Å². The number of nitrogens with two attached hydrogens (primary N) is 2. The van der Waals surface area contributed by atoms with E-state index in [2.05, 4.69) is 0 Å². The third-order valence-electron chi connectivity index (χ3n) is 1.29. The summed E-state index contributed by atoms with van der Waals surface area (Å²) < 4.78 is 0. The molecule has 5 heteroatoms. The van der Waals surface area contributed by atoms with Gasteiger partial charge in [0.05, 0.1) is 0 Å². The average Bonchev–Trinajstić information content (AvgIpc) is 1.88. The number of carboxylic acid groups (broad SMARTS) is 1. The third kappa shape index (κ3) is 7.91. The second kappa shape index (κ2) is 8.11. The van der Waals surface area contributed by atoms with Crippen LogP contribution in [-0.4, -0.2) is 23.7 Å². The first kappa shape index (κ1) is 13.6. The zero-order valence-electron chi connectivity index (χ0n) is 6.62. The molecule has 0 amide bonds. The molecule has 0 aromatic heterocycles. The van der Waals surface area contributed by atoms with Crippen molar-refractivity contribution in [1.29, 1.82) is 0 Å². The van der Waals surface area contributed by atoms with Crippen LogP contribution in [0.2, 0.25) is 0 Å². The zero-order valence-corrected chi connectivity index (χ0v) is 9.59. The van der Waals surface area contributed by atoms with Crippen LogP contribution in [0.5, 0.6) is 0 Å². The summed E-state index contributed by atoms with van der Waals surface area (Å²) in [5.74, 6) is -0.933. The molecule has 0 saturated heterocycles. The van der Waals surface area contributed by atoms with Gasteiger partial charge in [-0.15, -0.1) is 0 Å².